The number of hydrogen-bond acceptors (Lipinski definition) is 4. The summed E-state index contributed by atoms with van der Waals surface area (Å²) in [6, 6.07) is 0. The standard InChI is InChI=1S/C11H10F5NO3/c1-19-7(18)3-5-8(20-2)6(10(12)13)4-17-9(5)11(14,15)16/h4,10H,3H2,1-2H3. The van der Waals surface area contributed by atoms with Gasteiger partial charge in [-0.2, -0.15) is 13.2 Å². The maximum absolute atomic E-state index is 12.8. The van der Waals surface area contributed by atoms with Crippen LogP contribution in [0.1, 0.15) is 23.2 Å². The Hall–Kier alpha value is -1.93. The van der Waals surface area contributed by atoms with Crippen LogP contribution in [0.15, 0.2) is 6.20 Å². The van der Waals surface area contributed by atoms with Crippen LogP contribution in [-0.2, 0) is 22.1 Å². The second-order valence-corrected chi connectivity index (χ2v) is 3.63. The highest BCUT2D eigenvalue weighted by Gasteiger charge is 2.38. The van der Waals surface area contributed by atoms with Gasteiger partial charge in [0.1, 0.15) is 5.75 Å². The number of aromatic nitrogens is 1. The lowest BCUT2D eigenvalue weighted by Gasteiger charge is -2.17. The normalized spacial score (nSPS) is 11.6. The van der Waals surface area contributed by atoms with Gasteiger partial charge in [0.25, 0.3) is 6.43 Å². The number of nitrogens with zero attached hydrogens (tertiary/aromatic N) is 1. The Kier molecular flexibility index (Phi) is 4.85. The van der Waals surface area contributed by atoms with Crippen molar-refractivity contribution >= 4 is 5.97 Å². The summed E-state index contributed by atoms with van der Waals surface area (Å²) in [4.78, 5) is 14.1. The van der Waals surface area contributed by atoms with Crippen LogP contribution in [0.5, 0.6) is 5.75 Å². The molecule has 0 aliphatic rings. The molecule has 112 valence electrons. The molecule has 20 heavy (non-hydrogen) atoms. The Bertz CT molecular complexity index is 502. The summed E-state index contributed by atoms with van der Waals surface area (Å²) in [5.74, 6) is -1.74. The Morgan fingerprint density at radius 2 is 1.95 bits per heavy atom. The molecule has 0 aromatic carbocycles. The molecular formula is C11H10F5NO3. The zero-order valence-electron chi connectivity index (χ0n) is 10.4. The molecule has 0 unspecified atom stereocenters. The number of halogens is 5. The second-order valence-electron chi connectivity index (χ2n) is 3.63. The van der Waals surface area contributed by atoms with Gasteiger partial charge in [-0.25, -0.2) is 8.78 Å². The van der Waals surface area contributed by atoms with Crippen LogP contribution >= 0.6 is 0 Å². The van der Waals surface area contributed by atoms with Crippen molar-refractivity contribution in [2.24, 2.45) is 0 Å². The molecule has 0 saturated heterocycles. The number of esters is 1. The van der Waals surface area contributed by atoms with E-state index >= 15 is 0 Å². The van der Waals surface area contributed by atoms with Gasteiger partial charge in [0.2, 0.25) is 0 Å². The fraction of sp³-hybridized carbons (Fsp3) is 0.455. The average Bonchev–Trinajstić information content (AvgIpc) is 2.36. The number of rotatable bonds is 4. The summed E-state index contributed by atoms with van der Waals surface area (Å²) < 4.78 is 72.7. The zero-order chi connectivity index (χ0) is 15.5. The van der Waals surface area contributed by atoms with E-state index in [9.17, 15) is 26.7 Å². The fourth-order valence-corrected chi connectivity index (χ4v) is 1.57. The predicted octanol–water partition coefficient (Wildman–Crippen LogP) is 2.76. The van der Waals surface area contributed by atoms with Crippen molar-refractivity contribution in [1.82, 2.24) is 4.98 Å². The lowest BCUT2D eigenvalue weighted by atomic mass is 10.0. The molecule has 0 saturated carbocycles. The number of pyridine rings is 1. The van der Waals surface area contributed by atoms with Gasteiger partial charge < -0.3 is 9.47 Å². The van der Waals surface area contributed by atoms with Gasteiger partial charge >= 0.3 is 12.1 Å². The Labute approximate surface area is 110 Å². The predicted molar refractivity (Wildman–Crippen MR) is 56.5 cm³/mol. The van der Waals surface area contributed by atoms with Gasteiger partial charge in [0.05, 0.1) is 26.2 Å². The fourth-order valence-electron chi connectivity index (χ4n) is 1.57. The summed E-state index contributed by atoms with van der Waals surface area (Å²) in [7, 11) is 1.90. The minimum atomic E-state index is -4.91. The largest absolute Gasteiger partial charge is 0.496 e. The number of hydrogen-bond donors (Lipinski definition) is 0. The lowest BCUT2D eigenvalue weighted by molar-refractivity contribution is -0.143. The molecule has 0 aliphatic heterocycles. The first-order valence-corrected chi connectivity index (χ1v) is 5.20. The van der Waals surface area contributed by atoms with Crippen LogP contribution < -0.4 is 4.74 Å². The molecule has 1 aromatic heterocycles. The van der Waals surface area contributed by atoms with Crippen LogP contribution in [0.3, 0.4) is 0 Å². The van der Waals surface area contributed by atoms with E-state index in [0.29, 0.717) is 6.20 Å². The van der Waals surface area contributed by atoms with Crippen molar-refractivity contribution in [2.45, 2.75) is 19.0 Å². The topological polar surface area (TPSA) is 48.4 Å². The highest BCUT2D eigenvalue weighted by Crippen LogP contribution is 2.39. The summed E-state index contributed by atoms with van der Waals surface area (Å²) >= 11 is 0. The molecule has 0 aliphatic carbocycles. The van der Waals surface area contributed by atoms with E-state index in [1.54, 1.807) is 0 Å². The van der Waals surface area contributed by atoms with Crippen LogP contribution in [0, 0.1) is 0 Å². The number of carbonyl (C=O) groups is 1. The Morgan fingerprint density at radius 3 is 2.35 bits per heavy atom. The first-order chi connectivity index (χ1) is 9.22. The van der Waals surface area contributed by atoms with Crippen LogP contribution in [-0.4, -0.2) is 25.2 Å². The highest BCUT2D eigenvalue weighted by atomic mass is 19.4. The number of carbonyl (C=O) groups excluding carboxylic acids is 1. The molecule has 9 heteroatoms. The summed E-state index contributed by atoms with van der Waals surface area (Å²) in [6.07, 6.45) is -8.48. The molecule has 0 fully saturated rings. The third-order valence-electron chi connectivity index (χ3n) is 2.41. The molecule has 1 heterocycles. The quantitative estimate of drug-likeness (QED) is 0.633. The van der Waals surface area contributed by atoms with E-state index in [-0.39, 0.29) is 0 Å². The van der Waals surface area contributed by atoms with Crippen molar-refractivity contribution in [1.29, 1.82) is 0 Å². The number of alkyl halides is 5. The third-order valence-corrected chi connectivity index (χ3v) is 2.41. The first-order valence-electron chi connectivity index (χ1n) is 5.20. The van der Waals surface area contributed by atoms with E-state index in [2.05, 4.69) is 14.5 Å². The van der Waals surface area contributed by atoms with Gasteiger partial charge in [0.15, 0.2) is 5.69 Å². The van der Waals surface area contributed by atoms with Gasteiger partial charge in [-0.3, -0.25) is 9.78 Å². The molecule has 1 rings (SSSR count). The first kappa shape index (κ1) is 16.1. The zero-order valence-corrected chi connectivity index (χ0v) is 10.4. The second kappa shape index (κ2) is 6.02. The summed E-state index contributed by atoms with van der Waals surface area (Å²) in [6.45, 7) is 0. The molecule has 1 aromatic rings. The molecule has 4 nitrogen and oxygen atoms in total. The van der Waals surface area contributed by atoms with E-state index in [0.717, 1.165) is 14.2 Å². The Balaban J connectivity index is 3.51. The summed E-state index contributed by atoms with van der Waals surface area (Å²) in [5.41, 5.74) is -3.05. The maximum Gasteiger partial charge on any atom is 0.433 e. The number of methoxy groups -OCH3 is 2. The minimum Gasteiger partial charge on any atom is -0.496 e. The minimum absolute atomic E-state index is 0.382. The van der Waals surface area contributed by atoms with Gasteiger partial charge in [-0.1, -0.05) is 0 Å². The molecule has 0 amide bonds. The van der Waals surface area contributed by atoms with Crippen molar-refractivity contribution in [3.05, 3.63) is 23.0 Å². The number of ether oxygens (including phenoxy) is 2. The van der Waals surface area contributed by atoms with Crippen molar-refractivity contribution in [2.75, 3.05) is 14.2 Å². The van der Waals surface area contributed by atoms with Crippen LogP contribution in [0.4, 0.5) is 22.0 Å². The highest BCUT2D eigenvalue weighted by molar-refractivity contribution is 5.74. The van der Waals surface area contributed by atoms with Crippen molar-refractivity contribution in [3.63, 3.8) is 0 Å². The SMILES string of the molecule is COC(=O)Cc1c(C(F)(F)F)ncc(C(F)F)c1OC. The summed E-state index contributed by atoms with van der Waals surface area (Å²) in [5, 5.41) is 0. The van der Waals surface area contributed by atoms with E-state index in [1.165, 1.54) is 0 Å². The smallest absolute Gasteiger partial charge is 0.433 e. The van der Waals surface area contributed by atoms with Gasteiger partial charge in [-0.05, 0) is 0 Å². The van der Waals surface area contributed by atoms with Crippen molar-refractivity contribution < 1.29 is 36.2 Å². The van der Waals surface area contributed by atoms with Gasteiger partial charge in [-0.15, -0.1) is 0 Å². The van der Waals surface area contributed by atoms with Crippen LogP contribution in [0.25, 0.3) is 0 Å². The Morgan fingerprint density at radius 1 is 1.35 bits per heavy atom. The van der Waals surface area contributed by atoms with Gasteiger partial charge in [0, 0.05) is 11.8 Å². The molecule has 0 bridgehead atoms. The maximum atomic E-state index is 12.8. The monoisotopic (exact) mass is 299 g/mol. The molecule has 0 radical (unpaired) electrons. The molecular weight excluding hydrogens is 289 g/mol. The van der Waals surface area contributed by atoms with E-state index < -0.39 is 47.6 Å². The molecule has 0 N–H and O–H groups in total. The van der Waals surface area contributed by atoms with Crippen LogP contribution in [0.2, 0.25) is 0 Å². The third kappa shape index (κ3) is 3.34. The van der Waals surface area contributed by atoms with E-state index in [1.807, 2.05) is 0 Å². The molecule has 0 spiro atoms. The van der Waals surface area contributed by atoms with Crippen molar-refractivity contribution in [3.8, 4) is 5.75 Å². The van der Waals surface area contributed by atoms with E-state index in [4.69, 9.17) is 0 Å². The molecule has 0 atom stereocenters. The lowest BCUT2D eigenvalue weighted by Crippen LogP contribution is -2.17. The average molecular weight is 299 g/mol.